The number of carbonyl (C=O) groups is 1. The predicted molar refractivity (Wildman–Crippen MR) is 106 cm³/mol. The fraction of sp³-hybridized carbons (Fsp3) is 0.389. The number of amides is 2. The van der Waals surface area contributed by atoms with Gasteiger partial charge in [0.1, 0.15) is 0 Å². The van der Waals surface area contributed by atoms with Gasteiger partial charge in [-0.15, -0.1) is 10.2 Å². The van der Waals surface area contributed by atoms with E-state index in [4.69, 9.17) is 11.6 Å². The average molecular weight is 411 g/mol. The molecule has 0 aliphatic carbocycles. The molecule has 2 N–H and O–H groups in total. The van der Waals surface area contributed by atoms with E-state index in [0.29, 0.717) is 5.69 Å². The molecule has 7 nitrogen and oxygen atoms in total. The molecule has 0 saturated carbocycles. The van der Waals surface area contributed by atoms with Crippen LogP contribution in [0.25, 0.3) is 0 Å². The summed E-state index contributed by atoms with van der Waals surface area (Å²) in [5, 5.41) is 9.36. The van der Waals surface area contributed by atoms with Gasteiger partial charge in [0.25, 0.3) is 10.0 Å². The number of hydrogen-bond acceptors (Lipinski definition) is 5. The second kappa shape index (κ2) is 8.22. The molecule has 2 amide bonds. The Morgan fingerprint density at radius 3 is 2.04 bits per heavy atom. The predicted octanol–water partition coefficient (Wildman–Crippen LogP) is 4.20. The van der Waals surface area contributed by atoms with Crippen molar-refractivity contribution in [3.8, 4) is 0 Å². The van der Waals surface area contributed by atoms with Gasteiger partial charge in [-0.25, -0.2) is 9.52 Å². The highest BCUT2D eigenvalue weighted by atomic mass is 35.5. The smallest absolute Gasteiger partial charge is 0.307 e. The lowest BCUT2D eigenvalue weighted by Gasteiger charge is -2.21. The Bertz CT molecular complexity index is 913. The van der Waals surface area contributed by atoms with Crippen LogP contribution >= 0.6 is 11.6 Å². The van der Waals surface area contributed by atoms with E-state index in [1.54, 1.807) is 0 Å². The number of carbonyl (C=O) groups excluding carboxylic acids is 1. The number of aromatic nitrogens is 2. The van der Waals surface area contributed by atoms with Gasteiger partial charge < -0.3 is 5.32 Å². The normalized spacial score (nSPS) is 11.7. The number of rotatable bonds is 5. The zero-order valence-corrected chi connectivity index (χ0v) is 17.4. The third-order valence-electron chi connectivity index (χ3n) is 3.94. The molecule has 9 heteroatoms. The van der Waals surface area contributed by atoms with Crippen molar-refractivity contribution in [2.24, 2.45) is 0 Å². The van der Waals surface area contributed by atoms with E-state index in [9.17, 15) is 13.2 Å². The number of urea groups is 1. The molecule has 1 heterocycles. The number of aryl methyl sites for hydroxylation is 1. The van der Waals surface area contributed by atoms with Crippen LogP contribution in [0, 0.1) is 6.92 Å². The number of halogens is 1. The minimum absolute atomic E-state index is 0.0567. The molecule has 146 valence electrons. The van der Waals surface area contributed by atoms with E-state index in [1.165, 1.54) is 12.1 Å². The maximum absolute atomic E-state index is 12.4. The molecule has 0 atom stereocenters. The van der Waals surface area contributed by atoms with Crippen LogP contribution in [0.3, 0.4) is 0 Å². The van der Waals surface area contributed by atoms with Gasteiger partial charge in [0.2, 0.25) is 0 Å². The summed E-state index contributed by atoms with van der Waals surface area (Å²) in [7, 11) is -4.17. The van der Waals surface area contributed by atoms with E-state index in [-0.39, 0.29) is 22.0 Å². The molecule has 0 radical (unpaired) electrons. The summed E-state index contributed by atoms with van der Waals surface area (Å²) in [6, 6.07) is 5.58. The largest absolute Gasteiger partial charge is 0.333 e. The first-order valence-corrected chi connectivity index (χ1v) is 10.3. The minimum Gasteiger partial charge on any atom is -0.307 e. The summed E-state index contributed by atoms with van der Waals surface area (Å²) < 4.78 is 26.6. The molecule has 0 fully saturated rings. The van der Waals surface area contributed by atoms with Crippen molar-refractivity contribution >= 4 is 33.3 Å². The van der Waals surface area contributed by atoms with Crippen LogP contribution in [-0.2, 0) is 10.0 Å². The maximum atomic E-state index is 12.4. The Morgan fingerprint density at radius 2 is 1.59 bits per heavy atom. The van der Waals surface area contributed by atoms with Gasteiger partial charge in [0.05, 0.1) is 0 Å². The van der Waals surface area contributed by atoms with Gasteiger partial charge in [-0.2, -0.15) is 8.42 Å². The first-order valence-electron chi connectivity index (χ1n) is 8.48. The second-order valence-electron chi connectivity index (χ2n) is 6.88. The summed E-state index contributed by atoms with van der Waals surface area (Å²) >= 11 is 5.61. The van der Waals surface area contributed by atoms with E-state index < -0.39 is 16.1 Å². The molecule has 1 aromatic carbocycles. The molecule has 27 heavy (non-hydrogen) atoms. The fourth-order valence-electron chi connectivity index (χ4n) is 2.66. The van der Waals surface area contributed by atoms with E-state index in [2.05, 4.69) is 15.5 Å². The van der Waals surface area contributed by atoms with E-state index >= 15 is 0 Å². The zero-order chi connectivity index (χ0) is 20.4. The lowest BCUT2D eigenvalue weighted by Crippen LogP contribution is -2.35. The lowest BCUT2D eigenvalue weighted by atomic mass is 9.90. The Balaban J connectivity index is 2.33. The summed E-state index contributed by atoms with van der Waals surface area (Å²) in [5.41, 5.74) is 3.59. The van der Waals surface area contributed by atoms with Gasteiger partial charge >= 0.3 is 6.03 Å². The average Bonchev–Trinajstić information content (AvgIpc) is 2.55. The Hall–Kier alpha value is -2.19. The first kappa shape index (κ1) is 21.1. The van der Waals surface area contributed by atoms with Gasteiger partial charge in [-0.3, -0.25) is 0 Å². The highest BCUT2D eigenvalue weighted by Gasteiger charge is 2.22. The molecule has 2 aromatic rings. The molecule has 0 bridgehead atoms. The quantitative estimate of drug-likeness (QED) is 0.769. The van der Waals surface area contributed by atoms with Crippen LogP contribution in [0.1, 0.15) is 56.2 Å². The van der Waals surface area contributed by atoms with Gasteiger partial charge in [0, 0.05) is 5.69 Å². The monoisotopic (exact) mass is 410 g/mol. The number of sulfonamides is 1. The summed E-state index contributed by atoms with van der Waals surface area (Å²) in [6.07, 6.45) is 0. The van der Waals surface area contributed by atoms with E-state index in [0.717, 1.165) is 16.7 Å². The van der Waals surface area contributed by atoms with Crippen LogP contribution in [0.5, 0.6) is 0 Å². The Kier molecular flexibility index (Phi) is 6.43. The van der Waals surface area contributed by atoms with Crippen LogP contribution in [-0.4, -0.2) is 24.6 Å². The molecular weight excluding hydrogens is 388 g/mol. The highest BCUT2D eigenvalue weighted by molar-refractivity contribution is 7.90. The summed E-state index contributed by atoms with van der Waals surface area (Å²) in [4.78, 5) is 12.4. The third kappa shape index (κ3) is 5.17. The van der Waals surface area contributed by atoms with Gasteiger partial charge in [0.15, 0.2) is 10.2 Å². The molecule has 0 aliphatic rings. The van der Waals surface area contributed by atoms with Crippen molar-refractivity contribution in [1.29, 1.82) is 0 Å². The third-order valence-corrected chi connectivity index (χ3v) is 5.36. The van der Waals surface area contributed by atoms with Crippen LogP contribution in [0.15, 0.2) is 29.3 Å². The van der Waals surface area contributed by atoms with Crippen LogP contribution in [0.2, 0.25) is 5.15 Å². The van der Waals surface area contributed by atoms with E-state index in [1.807, 2.05) is 51.5 Å². The number of nitrogens with one attached hydrogen (secondary N) is 2. The van der Waals surface area contributed by atoms with Gasteiger partial charge in [-0.05, 0) is 42.0 Å². The standard InChI is InChI=1S/C18H23ClN4O3S/c1-10(2)13-8-12(5)9-14(11(3)4)17(13)20-18(24)23-27(25,26)16-7-6-15(19)21-22-16/h6-11H,1-5H3,(H2,20,23,24). The SMILES string of the molecule is Cc1cc(C(C)C)c(NC(=O)NS(=O)(=O)c2ccc(Cl)nn2)c(C(C)C)c1. The first-order chi connectivity index (χ1) is 12.5. The van der Waals surface area contributed by atoms with Crippen molar-refractivity contribution in [3.63, 3.8) is 0 Å². The molecule has 0 saturated heterocycles. The lowest BCUT2D eigenvalue weighted by molar-refractivity contribution is 0.256. The fourth-order valence-corrected chi connectivity index (χ4v) is 3.55. The van der Waals surface area contributed by atoms with Crippen LogP contribution < -0.4 is 10.0 Å². The number of hydrogen-bond donors (Lipinski definition) is 2. The molecule has 0 spiro atoms. The molecule has 1 aromatic heterocycles. The van der Waals surface area contributed by atoms with Crippen molar-refractivity contribution < 1.29 is 13.2 Å². The summed E-state index contributed by atoms with van der Waals surface area (Å²) in [5.74, 6) is 0.299. The summed E-state index contributed by atoms with van der Waals surface area (Å²) in [6.45, 7) is 10.1. The van der Waals surface area contributed by atoms with Crippen molar-refractivity contribution in [2.75, 3.05) is 5.32 Å². The molecule has 0 unspecified atom stereocenters. The van der Waals surface area contributed by atoms with Crippen molar-refractivity contribution in [1.82, 2.24) is 14.9 Å². The maximum Gasteiger partial charge on any atom is 0.333 e. The Morgan fingerprint density at radius 1 is 1.04 bits per heavy atom. The van der Waals surface area contributed by atoms with Crippen LogP contribution in [0.4, 0.5) is 10.5 Å². The molecule has 2 rings (SSSR count). The minimum atomic E-state index is -4.17. The van der Waals surface area contributed by atoms with Gasteiger partial charge in [-0.1, -0.05) is 57.0 Å². The topological polar surface area (TPSA) is 101 Å². The Labute approximate surface area is 164 Å². The van der Waals surface area contributed by atoms with Crippen molar-refractivity contribution in [3.05, 3.63) is 46.1 Å². The highest BCUT2D eigenvalue weighted by Crippen LogP contribution is 2.33. The number of benzene rings is 1. The zero-order valence-electron chi connectivity index (χ0n) is 15.9. The number of nitrogens with zero attached hydrogens (tertiary/aromatic N) is 2. The second-order valence-corrected chi connectivity index (χ2v) is 8.90. The molecule has 0 aliphatic heterocycles. The number of anilines is 1. The molecular formula is C18H23ClN4O3S. The van der Waals surface area contributed by atoms with Crippen molar-refractivity contribution in [2.45, 2.75) is 51.5 Å².